The number of hydrogen-bond donors (Lipinski definition) is 0. The molecule has 2 saturated heterocycles. The maximum Gasteiger partial charge on any atom is 0.185 e. The molecule has 0 radical (unpaired) electrons. The molecule has 0 amide bonds. The molecule has 0 N–H and O–H groups in total. The minimum absolute atomic E-state index is 0.535. The Balaban J connectivity index is 1.42. The van der Waals surface area contributed by atoms with E-state index in [4.69, 9.17) is 4.98 Å². The minimum atomic E-state index is 0.535. The Morgan fingerprint density at radius 1 is 1.04 bits per heavy atom. The Morgan fingerprint density at radius 2 is 1.88 bits per heavy atom. The Hall–Kier alpha value is -2.21. The van der Waals surface area contributed by atoms with Crippen LogP contribution >= 0.6 is 11.3 Å². The van der Waals surface area contributed by atoms with E-state index in [1.807, 2.05) is 48.0 Å². The van der Waals surface area contributed by atoms with Crippen LogP contribution in [-0.4, -0.2) is 40.6 Å². The summed E-state index contributed by atoms with van der Waals surface area (Å²) in [5.74, 6) is 1.77. The van der Waals surface area contributed by atoms with Crippen LogP contribution in [-0.2, 0) is 0 Å². The van der Waals surface area contributed by atoms with Gasteiger partial charge in [-0.3, -0.25) is 4.98 Å². The molecule has 5 nitrogen and oxygen atoms in total. The number of thiazole rings is 1. The number of rotatable bonds is 2. The lowest BCUT2D eigenvalue weighted by Crippen LogP contribution is -2.48. The predicted octanol–water partition coefficient (Wildman–Crippen LogP) is 3.50. The van der Waals surface area contributed by atoms with E-state index >= 15 is 0 Å². The number of benzene rings is 1. The highest BCUT2D eigenvalue weighted by atomic mass is 32.1. The predicted molar refractivity (Wildman–Crippen MR) is 102 cm³/mol. The number of piperidine rings is 1. The molecular formula is C19H21N5S. The fourth-order valence-electron chi connectivity index (χ4n) is 4.16. The van der Waals surface area contributed by atoms with Gasteiger partial charge < -0.3 is 9.80 Å². The smallest absolute Gasteiger partial charge is 0.185 e. The van der Waals surface area contributed by atoms with Crippen LogP contribution in [0.3, 0.4) is 0 Å². The third-order valence-electron chi connectivity index (χ3n) is 5.48. The van der Waals surface area contributed by atoms with Gasteiger partial charge in [-0.05, 0) is 37.8 Å². The average molecular weight is 351 g/mol. The lowest BCUT2D eigenvalue weighted by Gasteiger charge is -2.38. The molecule has 2 unspecified atom stereocenters. The zero-order valence-corrected chi connectivity index (χ0v) is 15.1. The SMILES string of the molecule is Cc1cnc(N2CCC3CCN(c4cnc5ccccc5n4)CC32)s1. The second-order valence-electron chi connectivity index (χ2n) is 7.01. The van der Waals surface area contributed by atoms with Gasteiger partial charge in [-0.25, -0.2) is 9.97 Å². The first-order chi connectivity index (χ1) is 12.3. The molecule has 5 rings (SSSR count). The Labute approximate surface area is 151 Å². The van der Waals surface area contributed by atoms with Crippen molar-refractivity contribution < 1.29 is 0 Å². The molecule has 2 aliphatic heterocycles. The first-order valence-corrected chi connectivity index (χ1v) is 9.75. The lowest BCUT2D eigenvalue weighted by atomic mass is 9.92. The monoisotopic (exact) mass is 351 g/mol. The lowest BCUT2D eigenvalue weighted by molar-refractivity contribution is 0.389. The first kappa shape index (κ1) is 15.1. The molecule has 25 heavy (non-hydrogen) atoms. The molecular weight excluding hydrogens is 330 g/mol. The Morgan fingerprint density at radius 3 is 2.72 bits per heavy atom. The Bertz CT molecular complexity index is 907. The van der Waals surface area contributed by atoms with Gasteiger partial charge in [0.2, 0.25) is 0 Å². The number of aromatic nitrogens is 3. The van der Waals surface area contributed by atoms with Crippen LogP contribution in [0, 0.1) is 12.8 Å². The molecule has 4 heterocycles. The quantitative estimate of drug-likeness (QED) is 0.707. The van der Waals surface area contributed by atoms with E-state index < -0.39 is 0 Å². The van der Waals surface area contributed by atoms with E-state index in [0.29, 0.717) is 6.04 Å². The van der Waals surface area contributed by atoms with Gasteiger partial charge >= 0.3 is 0 Å². The van der Waals surface area contributed by atoms with Crippen LogP contribution in [0.2, 0.25) is 0 Å². The summed E-state index contributed by atoms with van der Waals surface area (Å²) in [4.78, 5) is 20.3. The Kier molecular flexibility index (Phi) is 3.59. The molecule has 2 aromatic heterocycles. The highest BCUT2D eigenvalue weighted by molar-refractivity contribution is 7.15. The van der Waals surface area contributed by atoms with Gasteiger partial charge in [-0.15, -0.1) is 11.3 Å². The number of para-hydroxylation sites is 2. The van der Waals surface area contributed by atoms with Gasteiger partial charge in [-0.1, -0.05) is 12.1 Å². The molecule has 1 aromatic carbocycles. The van der Waals surface area contributed by atoms with Gasteiger partial charge in [0.1, 0.15) is 5.82 Å². The second kappa shape index (κ2) is 5.95. The summed E-state index contributed by atoms with van der Waals surface area (Å²) < 4.78 is 0. The molecule has 0 bridgehead atoms. The second-order valence-corrected chi connectivity index (χ2v) is 8.23. The van der Waals surface area contributed by atoms with Crippen molar-refractivity contribution in [1.82, 2.24) is 15.0 Å². The highest BCUT2D eigenvalue weighted by Crippen LogP contribution is 2.37. The zero-order chi connectivity index (χ0) is 16.8. The van der Waals surface area contributed by atoms with Crippen LogP contribution in [0.1, 0.15) is 17.7 Å². The third kappa shape index (κ3) is 2.65. The summed E-state index contributed by atoms with van der Waals surface area (Å²) in [5, 5.41) is 1.18. The standard InChI is InChI=1S/C19H21N5S/c1-13-10-21-19(25-13)24-9-7-14-6-8-23(12-17(14)24)18-11-20-15-4-2-3-5-16(15)22-18/h2-5,10-11,14,17H,6-9,12H2,1H3. The summed E-state index contributed by atoms with van der Waals surface area (Å²) in [6, 6.07) is 8.62. The highest BCUT2D eigenvalue weighted by Gasteiger charge is 2.39. The van der Waals surface area contributed by atoms with E-state index in [1.165, 1.54) is 22.9 Å². The number of fused-ring (bicyclic) bond motifs is 2. The molecule has 128 valence electrons. The van der Waals surface area contributed by atoms with Gasteiger partial charge in [0.05, 0.1) is 23.3 Å². The van der Waals surface area contributed by atoms with Crippen molar-refractivity contribution in [2.24, 2.45) is 5.92 Å². The van der Waals surface area contributed by atoms with E-state index in [1.54, 1.807) is 0 Å². The maximum atomic E-state index is 4.85. The summed E-state index contributed by atoms with van der Waals surface area (Å²) in [5.41, 5.74) is 1.93. The van der Waals surface area contributed by atoms with Crippen molar-refractivity contribution in [2.75, 3.05) is 29.4 Å². The molecule has 0 aliphatic carbocycles. The van der Waals surface area contributed by atoms with E-state index in [9.17, 15) is 0 Å². The fraction of sp³-hybridized carbons (Fsp3) is 0.421. The van der Waals surface area contributed by atoms with Gasteiger partial charge in [0, 0.05) is 30.7 Å². The number of nitrogens with zero attached hydrogens (tertiary/aromatic N) is 5. The molecule has 2 fully saturated rings. The van der Waals surface area contributed by atoms with Gasteiger partial charge in [-0.2, -0.15) is 0 Å². The molecule has 2 atom stereocenters. The third-order valence-corrected chi connectivity index (χ3v) is 6.43. The van der Waals surface area contributed by atoms with Crippen LogP contribution in [0.4, 0.5) is 10.9 Å². The number of hydrogen-bond acceptors (Lipinski definition) is 6. The van der Waals surface area contributed by atoms with Crippen LogP contribution in [0.25, 0.3) is 11.0 Å². The van der Waals surface area contributed by atoms with Crippen molar-refractivity contribution in [2.45, 2.75) is 25.8 Å². The van der Waals surface area contributed by atoms with Crippen LogP contribution < -0.4 is 9.80 Å². The summed E-state index contributed by atoms with van der Waals surface area (Å²) >= 11 is 1.81. The number of anilines is 2. The fourth-order valence-corrected chi connectivity index (χ4v) is 5.00. The molecule has 0 saturated carbocycles. The molecule has 0 spiro atoms. The van der Waals surface area contributed by atoms with Crippen molar-refractivity contribution in [3.63, 3.8) is 0 Å². The average Bonchev–Trinajstić information content (AvgIpc) is 3.26. The van der Waals surface area contributed by atoms with Crippen molar-refractivity contribution in [3.05, 3.63) is 41.5 Å². The van der Waals surface area contributed by atoms with E-state index in [0.717, 1.165) is 42.4 Å². The maximum absolute atomic E-state index is 4.85. The van der Waals surface area contributed by atoms with Crippen LogP contribution in [0.15, 0.2) is 36.7 Å². The normalized spacial score (nSPS) is 23.2. The van der Waals surface area contributed by atoms with Gasteiger partial charge in [0.15, 0.2) is 5.13 Å². The van der Waals surface area contributed by atoms with Crippen molar-refractivity contribution in [3.8, 4) is 0 Å². The topological polar surface area (TPSA) is 45.2 Å². The van der Waals surface area contributed by atoms with Crippen molar-refractivity contribution >= 4 is 33.3 Å². The molecule has 2 aliphatic rings. The summed E-state index contributed by atoms with van der Waals surface area (Å²) in [6.45, 7) is 5.33. The largest absolute Gasteiger partial charge is 0.353 e. The van der Waals surface area contributed by atoms with E-state index in [-0.39, 0.29) is 0 Å². The van der Waals surface area contributed by atoms with Crippen molar-refractivity contribution in [1.29, 1.82) is 0 Å². The van der Waals surface area contributed by atoms with Crippen LogP contribution in [0.5, 0.6) is 0 Å². The molecule has 6 heteroatoms. The minimum Gasteiger partial charge on any atom is -0.353 e. The first-order valence-electron chi connectivity index (χ1n) is 8.94. The summed E-state index contributed by atoms with van der Waals surface area (Å²) in [7, 11) is 0. The number of aryl methyl sites for hydroxylation is 1. The van der Waals surface area contributed by atoms with E-state index in [2.05, 4.69) is 26.7 Å². The van der Waals surface area contributed by atoms with Gasteiger partial charge in [0.25, 0.3) is 0 Å². The zero-order valence-electron chi connectivity index (χ0n) is 14.3. The summed E-state index contributed by atoms with van der Waals surface area (Å²) in [6.07, 6.45) is 6.42. The molecule has 3 aromatic rings.